The van der Waals surface area contributed by atoms with Crippen LogP contribution >= 0.6 is 11.8 Å². The number of nitrogens with one attached hydrogen (secondary N) is 2. The molecule has 34 heavy (non-hydrogen) atoms. The fraction of sp³-hybridized carbons (Fsp3) is 0.154. The number of para-hydroxylation sites is 1. The van der Waals surface area contributed by atoms with Gasteiger partial charge in [0.15, 0.2) is 0 Å². The maximum absolute atomic E-state index is 13.5. The molecule has 2 aromatic heterocycles. The SMILES string of the molecule is CC1=C(C(=O)Nc2ccccc2C)[C@@H](c2ccccn2)n2nc(SCc3ccccc3)nc2N1. The van der Waals surface area contributed by atoms with Crippen molar-refractivity contribution in [2.45, 2.75) is 30.8 Å². The van der Waals surface area contributed by atoms with Gasteiger partial charge in [0.25, 0.3) is 5.91 Å². The minimum absolute atomic E-state index is 0.199. The molecule has 3 heterocycles. The molecule has 2 aromatic carbocycles. The summed E-state index contributed by atoms with van der Waals surface area (Å²) in [6.07, 6.45) is 1.73. The van der Waals surface area contributed by atoms with Gasteiger partial charge in [0.05, 0.1) is 11.3 Å². The first kappa shape index (κ1) is 21.9. The predicted molar refractivity (Wildman–Crippen MR) is 135 cm³/mol. The van der Waals surface area contributed by atoms with Crippen LogP contribution in [0.25, 0.3) is 0 Å². The monoisotopic (exact) mass is 468 g/mol. The number of allylic oxidation sites excluding steroid dienone is 1. The molecule has 170 valence electrons. The van der Waals surface area contributed by atoms with Crippen LogP contribution in [-0.2, 0) is 10.5 Å². The lowest BCUT2D eigenvalue weighted by molar-refractivity contribution is -0.113. The second-order valence-corrected chi connectivity index (χ2v) is 8.97. The third-order valence-corrected chi connectivity index (χ3v) is 6.56. The van der Waals surface area contributed by atoms with Crippen molar-refractivity contribution >= 4 is 29.3 Å². The van der Waals surface area contributed by atoms with Crippen molar-refractivity contribution in [2.24, 2.45) is 0 Å². The van der Waals surface area contributed by atoms with E-state index in [-0.39, 0.29) is 5.91 Å². The second kappa shape index (κ2) is 9.52. The maximum Gasteiger partial charge on any atom is 0.255 e. The van der Waals surface area contributed by atoms with Crippen molar-refractivity contribution in [2.75, 3.05) is 10.6 Å². The van der Waals surface area contributed by atoms with E-state index >= 15 is 0 Å². The van der Waals surface area contributed by atoms with E-state index in [4.69, 9.17) is 10.1 Å². The molecule has 0 unspecified atom stereocenters. The Labute approximate surface area is 202 Å². The molecule has 0 fully saturated rings. The van der Waals surface area contributed by atoms with Crippen molar-refractivity contribution in [3.8, 4) is 0 Å². The largest absolute Gasteiger partial charge is 0.328 e. The van der Waals surface area contributed by atoms with Crippen LogP contribution in [0.3, 0.4) is 0 Å². The van der Waals surface area contributed by atoms with Gasteiger partial charge in [0, 0.05) is 23.3 Å². The van der Waals surface area contributed by atoms with Crippen LogP contribution in [0, 0.1) is 6.92 Å². The Hall–Kier alpha value is -3.91. The van der Waals surface area contributed by atoms with Crippen LogP contribution in [-0.4, -0.2) is 25.7 Å². The summed E-state index contributed by atoms with van der Waals surface area (Å²) in [6.45, 7) is 3.86. The van der Waals surface area contributed by atoms with Crippen LogP contribution in [0.1, 0.15) is 29.8 Å². The predicted octanol–water partition coefficient (Wildman–Crippen LogP) is 5.20. The number of hydrogen-bond acceptors (Lipinski definition) is 6. The third-order valence-electron chi connectivity index (χ3n) is 5.65. The average Bonchev–Trinajstić information content (AvgIpc) is 3.26. The summed E-state index contributed by atoms with van der Waals surface area (Å²) in [7, 11) is 0. The first-order valence-corrected chi connectivity index (χ1v) is 12.0. The summed E-state index contributed by atoms with van der Waals surface area (Å²) >= 11 is 1.56. The number of aromatic nitrogens is 4. The van der Waals surface area contributed by atoms with E-state index in [2.05, 4.69) is 27.8 Å². The Balaban J connectivity index is 1.49. The third kappa shape index (κ3) is 4.45. The Morgan fingerprint density at radius 2 is 1.79 bits per heavy atom. The van der Waals surface area contributed by atoms with Gasteiger partial charge >= 0.3 is 0 Å². The van der Waals surface area contributed by atoms with Crippen molar-refractivity contribution < 1.29 is 4.79 Å². The summed E-state index contributed by atoms with van der Waals surface area (Å²) in [5, 5.41) is 11.7. The molecule has 5 rings (SSSR count). The fourth-order valence-electron chi connectivity index (χ4n) is 3.92. The first-order valence-electron chi connectivity index (χ1n) is 11.0. The van der Waals surface area contributed by atoms with Gasteiger partial charge in [-0.3, -0.25) is 9.78 Å². The molecule has 1 aliphatic rings. The number of nitrogens with zero attached hydrogens (tertiary/aromatic N) is 4. The Morgan fingerprint density at radius 1 is 1.03 bits per heavy atom. The number of thioether (sulfide) groups is 1. The van der Waals surface area contributed by atoms with Crippen LogP contribution in [0.15, 0.2) is 95.4 Å². The number of rotatable bonds is 6. The number of pyridine rings is 1. The van der Waals surface area contributed by atoms with E-state index in [0.717, 1.165) is 28.4 Å². The highest BCUT2D eigenvalue weighted by molar-refractivity contribution is 7.98. The molecular weight excluding hydrogens is 444 g/mol. The van der Waals surface area contributed by atoms with Crippen molar-refractivity contribution in [3.63, 3.8) is 0 Å². The Bertz CT molecular complexity index is 1350. The van der Waals surface area contributed by atoms with E-state index in [1.54, 1.807) is 22.6 Å². The van der Waals surface area contributed by atoms with Gasteiger partial charge < -0.3 is 10.6 Å². The minimum Gasteiger partial charge on any atom is -0.328 e. The number of anilines is 2. The summed E-state index contributed by atoms with van der Waals surface area (Å²) in [5.74, 6) is 1.15. The Kier molecular flexibility index (Phi) is 6.14. The lowest BCUT2D eigenvalue weighted by Crippen LogP contribution is -2.32. The number of benzene rings is 2. The zero-order chi connectivity index (χ0) is 23.5. The van der Waals surface area contributed by atoms with Crippen LogP contribution in [0.5, 0.6) is 0 Å². The molecule has 0 radical (unpaired) electrons. The van der Waals surface area contributed by atoms with E-state index in [0.29, 0.717) is 16.7 Å². The smallest absolute Gasteiger partial charge is 0.255 e. The molecule has 1 amide bonds. The number of fused-ring (bicyclic) bond motifs is 1. The molecule has 0 saturated carbocycles. The maximum atomic E-state index is 13.5. The topological polar surface area (TPSA) is 84.7 Å². The molecule has 0 bridgehead atoms. The lowest BCUT2D eigenvalue weighted by atomic mass is 9.98. The van der Waals surface area contributed by atoms with Crippen LogP contribution < -0.4 is 10.6 Å². The summed E-state index contributed by atoms with van der Waals surface area (Å²) in [4.78, 5) is 22.8. The normalized spacial score (nSPS) is 14.9. The van der Waals surface area contributed by atoms with Crippen LogP contribution in [0.2, 0.25) is 0 Å². The number of carbonyl (C=O) groups excluding carboxylic acids is 1. The molecule has 7 nitrogen and oxygen atoms in total. The molecule has 0 spiro atoms. The summed E-state index contributed by atoms with van der Waals surface area (Å²) in [5.41, 5.74) is 4.97. The van der Waals surface area contributed by atoms with E-state index in [1.165, 1.54) is 5.56 Å². The number of amides is 1. The number of carbonyl (C=O) groups is 1. The highest BCUT2D eigenvalue weighted by atomic mass is 32.2. The molecular formula is C26H24N6OS. The number of aryl methyl sites for hydroxylation is 1. The minimum atomic E-state index is -0.500. The van der Waals surface area contributed by atoms with Gasteiger partial charge in [-0.15, -0.1) is 5.10 Å². The lowest BCUT2D eigenvalue weighted by Gasteiger charge is -2.28. The van der Waals surface area contributed by atoms with Gasteiger partial charge in [-0.05, 0) is 43.2 Å². The summed E-state index contributed by atoms with van der Waals surface area (Å²) in [6, 6.07) is 23.1. The van der Waals surface area contributed by atoms with Crippen molar-refractivity contribution in [1.82, 2.24) is 19.7 Å². The molecule has 8 heteroatoms. The zero-order valence-electron chi connectivity index (χ0n) is 18.9. The quantitative estimate of drug-likeness (QED) is 0.378. The number of hydrogen-bond donors (Lipinski definition) is 2. The standard InChI is InChI=1S/C26H24N6OS/c1-17-10-6-7-13-20(17)29-24(33)22-18(2)28-25-30-26(34-16-19-11-4-3-5-12-19)31-32(25)23(22)21-14-8-9-15-27-21/h3-15,23H,16H2,1-2H3,(H,29,33)(H,28,30,31)/t23-/m1/s1. The first-order chi connectivity index (χ1) is 16.6. The molecule has 1 atom stereocenters. The molecule has 0 aliphatic carbocycles. The highest BCUT2D eigenvalue weighted by Gasteiger charge is 2.35. The molecule has 4 aromatic rings. The van der Waals surface area contributed by atoms with Gasteiger partial charge in [-0.1, -0.05) is 66.4 Å². The van der Waals surface area contributed by atoms with Crippen molar-refractivity contribution in [3.05, 3.63) is 107 Å². The zero-order valence-corrected chi connectivity index (χ0v) is 19.7. The Morgan fingerprint density at radius 3 is 2.56 bits per heavy atom. The molecule has 2 N–H and O–H groups in total. The van der Waals surface area contributed by atoms with E-state index < -0.39 is 6.04 Å². The molecule has 0 saturated heterocycles. The van der Waals surface area contributed by atoms with E-state index in [9.17, 15) is 4.79 Å². The second-order valence-electron chi connectivity index (χ2n) is 8.03. The average molecular weight is 469 g/mol. The molecule has 1 aliphatic heterocycles. The van der Waals surface area contributed by atoms with Gasteiger partial charge in [0.1, 0.15) is 6.04 Å². The summed E-state index contributed by atoms with van der Waals surface area (Å²) < 4.78 is 1.76. The van der Waals surface area contributed by atoms with Gasteiger partial charge in [-0.2, -0.15) is 4.98 Å². The van der Waals surface area contributed by atoms with E-state index in [1.807, 2.05) is 74.5 Å². The fourth-order valence-corrected chi connectivity index (χ4v) is 4.71. The van der Waals surface area contributed by atoms with Gasteiger partial charge in [0.2, 0.25) is 11.1 Å². The van der Waals surface area contributed by atoms with Crippen LogP contribution in [0.4, 0.5) is 11.6 Å². The van der Waals surface area contributed by atoms with Gasteiger partial charge in [-0.25, -0.2) is 4.68 Å². The highest BCUT2D eigenvalue weighted by Crippen LogP contribution is 2.36. The van der Waals surface area contributed by atoms with Crippen molar-refractivity contribution in [1.29, 1.82) is 0 Å².